The fourth-order valence-electron chi connectivity index (χ4n) is 3.20. The van der Waals surface area contributed by atoms with Crippen molar-refractivity contribution < 1.29 is 0 Å². The average Bonchev–Trinajstić information content (AvgIpc) is 2.92. The fraction of sp³-hybridized carbons (Fsp3) is 0.471. The van der Waals surface area contributed by atoms with Gasteiger partial charge in [0.1, 0.15) is 0 Å². The van der Waals surface area contributed by atoms with Gasteiger partial charge in [0, 0.05) is 29.5 Å². The quantitative estimate of drug-likeness (QED) is 0.755. The van der Waals surface area contributed by atoms with Crippen molar-refractivity contribution in [2.24, 2.45) is 0 Å². The molecular weight excluding hydrogens is 312 g/mol. The maximum Gasteiger partial charge on any atom is 0.0702 e. The second-order valence-electron chi connectivity index (χ2n) is 5.63. The summed E-state index contributed by atoms with van der Waals surface area (Å²) in [7, 11) is 0. The van der Waals surface area contributed by atoms with E-state index in [1.54, 1.807) is 0 Å². The first-order chi connectivity index (χ1) is 9.86. The molecule has 1 unspecified atom stereocenters. The summed E-state index contributed by atoms with van der Waals surface area (Å²) >= 11 is 3.55. The third-order valence-corrected chi connectivity index (χ3v) is 4.78. The molecule has 2 nitrogen and oxygen atoms in total. The number of halogens is 1. The first kappa shape index (κ1) is 14.0. The molecule has 0 radical (unpaired) electrons. The first-order valence-corrected chi connectivity index (χ1v) is 8.62. The van der Waals surface area contributed by atoms with Crippen LogP contribution in [0.4, 0.5) is 0 Å². The molecule has 1 saturated heterocycles. The normalized spacial score (nSPS) is 19.8. The number of alkyl halides is 1. The van der Waals surface area contributed by atoms with Crippen LogP contribution in [-0.4, -0.2) is 27.8 Å². The Morgan fingerprint density at radius 2 is 2.25 bits per heavy atom. The van der Waals surface area contributed by atoms with Crippen molar-refractivity contribution in [1.82, 2.24) is 9.88 Å². The summed E-state index contributed by atoms with van der Waals surface area (Å²) in [4.78, 5) is 7.04. The molecule has 1 aromatic heterocycles. The summed E-state index contributed by atoms with van der Waals surface area (Å²) in [5.41, 5.74) is 2.50. The van der Waals surface area contributed by atoms with Crippen molar-refractivity contribution >= 4 is 26.8 Å². The standard InChI is InChI=1S/C17H21BrN2/c18-9-1-5-16-6-3-11-20(16)13-14-7-8-17-15(12-14)4-2-10-19-17/h2,4,7-8,10,12,16H,1,3,5-6,9,11,13H2. The average molecular weight is 333 g/mol. The maximum absolute atomic E-state index is 4.39. The number of likely N-dealkylation sites (tertiary alicyclic amines) is 1. The number of benzene rings is 1. The minimum Gasteiger partial charge on any atom is -0.296 e. The van der Waals surface area contributed by atoms with Crippen LogP contribution in [0.3, 0.4) is 0 Å². The molecule has 2 aromatic rings. The Balaban J connectivity index is 1.71. The Morgan fingerprint density at radius 1 is 1.30 bits per heavy atom. The molecule has 0 bridgehead atoms. The van der Waals surface area contributed by atoms with Crippen molar-refractivity contribution in [2.45, 2.75) is 38.3 Å². The molecule has 0 aliphatic carbocycles. The Labute approximate surface area is 129 Å². The lowest BCUT2D eigenvalue weighted by Gasteiger charge is -2.24. The SMILES string of the molecule is BrCCCC1CCCN1Cc1ccc2ncccc2c1. The number of nitrogens with zero attached hydrogens (tertiary/aromatic N) is 2. The van der Waals surface area contributed by atoms with Crippen LogP contribution in [0.15, 0.2) is 36.5 Å². The molecule has 1 aliphatic rings. The molecule has 1 aliphatic heterocycles. The highest BCUT2D eigenvalue weighted by molar-refractivity contribution is 9.09. The van der Waals surface area contributed by atoms with Gasteiger partial charge in [-0.05, 0) is 56.0 Å². The lowest BCUT2D eigenvalue weighted by Crippen LogP contribution is -2.28. The van der Waals surface area contributed by atoms with Gasteiger partial charge in [0.2, 0.25) is 0 Å². The number of pyridine rings is 1. The van der Waals surface area contributed by atoms with Gasteiger partial charge in [0.05, 0.1) is 5.52 Å². The first-order valence-electron chi connectivity index (χ1n) is 7.50. The van der Waals surface area contributed by atoms with Gasteiger partial charge >= 0.3 is 0 Å². The number of hydrogen-bond donors (Lipinski definition) is 0. The molecule has 0 saturated carbocycles. The van der Waals surface area contributed by atoms with Crippen LogP contribution < -0.4 is 0 Å². The predicted octanol–water partition coefficient (Wildman–Crippen LogP) is 4.37. The molecule has 0 spiro atoms. The van der Waals surface area contributed by atoms with E-state index in [-0.39, 0.29) is 0 Å². The Kier molecular flexibility index (Phi) is 4.69. The Hall–Kier alpha value is -0.930. The highest BCUT2D eigenvalue weighted by Crippen LogP contribution is 2.24. The molecule has 20 heavy (non-hydrogen) atoms. The predicted molar refractivity (Wildman–Crippen MR) is 88.2 cm³/mol. The van der Waals surface area contributed by atoms with Crippen LogP contribution in [0.2, 0.25) is 0 Å². The topological polar surface area (TPSA) is 16.1 Å². The Morgan fingerprint density at radius 3 is 3.15 bits per heavy atom. The third-order valence-electron chi connectivity index (χ3n) is 4.22. The lowest BCUT2D eigenvalue weighted by atomic mass is 10.1. The highest BCUT2D eigenvalue weighted by atomic mass is 79.9. The van der Waals surface area contributed by atoms with Crippen LogP contribution in [0.1, 0.15) is 31.2 Å². The second-order valence-corrected chi connectivity index (χ2v) is 6.42. The van der Waals surface area contributed by atoms with E-state index < -0.39 is 0 Å². The summed E-state index contributed by atoms with van der Waals surface area (Å²) in [6, 6.07) is 11.6. The van der Waals surface area contributed by atoms with Gasteiger partial charge in [-0.25, -0.2) is 0 Å². The van der Waals surface area contributed by atoms with Gasteiger partial charge in [-0.15, -0.1) is 0 Å². The van der Waals surface area contributed by atoms with Crippen LogP contribution in [0.25, 0.3) is 10.9 Å². The Bertz CT molecular complexity index is 570. The fourth-order valence-corrected chi connectivity index (χ4v) is 3.52. The summed E-state index contributed by atoms with van der Waals surface area (Å²) in [6.07, 6.45) is 7.17. The van der Waals surface area contributed by atoms with Crippen LogP contribution in [0, 0.1) is 0 Å². The summed E-state index contributed by atoms with van der Waals surface area (Å²) in [5.74, 6) is 0. The molecule has 0 N–H and O–H groups in total. The van der Waals surface area contributed by atoms with E-state index in [0.29, 0.717) is 0 Å². The van der Waals surface area contributed by atoms with E-state index >= 15 is 0 Å². The number of hydrogen-bond acceptors (Lipinski definition) is 2. The number of fused-ring (bicyclic) bond motifs is 1. The van der Waals surface area contributed by atoms with Gasteiger partial charge in [-0.2, -0.15) is 0 Å². The van der Waals surface area contributed by atoms with Crippen LogP contribution in [-0.2, 0) is 6.54 Å². The van der Waals surface area contributed by atoms with Crippen molar-refractivity contribution in [1.29, 1.82) is 0 Å². The van der Waals surface area contributed by atoms with Gasteiger partial charge in [-0.1, -0.05) is 28.1 Å². The third kappa shape index (κ3) is 3.21. The summed E-state index contributed by atoms with van der Waals surface area (Å²) < 4.78 is 0. The van der Waals surface area contributed by atoms with E-state index in [4.69, 9.17) is 0 Å². The zero-order valence-electron chi connectivity index (χ0n) is 11.8. The zero-order chi connectivity index (χ0) is 13.8. The maximum atomic E-state index is 4.39. The smallest absolute Gasteiger partial charge is 0.0702 e. The van der Waals surface area contributed by atoms with Crippen LogP contribution >= 0.6 is 15.9 Å². The van der Waals surface area contributed by atoms with Crippen molar-refractivity contribution in [3.05, 3.63) is 42.1 Å². The minimum atomic E-state index is 0.775. The van der Waals surface area contributed by atoms with E-state index in [1.165, 1.54) is 43.2 Å². The van der Waals surface area contributed by atoms with Gasteiger partial charge < -0.3 is 0 Å². The van der Waals surface area contributed by atoms with Gasteiger partial charge in [0.25, 0.3) is 0 Å². The van der Waals surface area contributed by atoms with E-state index in [2.05, 4.69) is 50.1 Å². The lowest BCUT2D eigenvalue weighted by molar-refractivity contribution is 0.234. The number of rotatable bonds is 5. The van der Waals surface area contributed by atoms with E-state index in [0.717, 1.165) is 23.4 Å². The molecule has 1 atom stereocenters. The van der Waals surface area contributed by atoms with Crippen molar-refractivity contribution in [2.75, 3.05) is 11.9 Å². The molecule has 2 heterocycles. The molecule has 3 rings (SSSR count). The molecular formula is C17H21BrN2. The second kappa shape index (κ2) is 6.68. The molecule has 1 fully saturated rings. The summed E-state index contributed by atoms with van der Waals surface area (Å²) in [5, 5.41) is 2.38. The van der Waals surface area contributed by atoms with Crippen molar-refractivity contribution in [3.8, 4) is 0 Å². The molecule has 106 valence electrons. The highest BCUT2D eigenvalue weighted by Gasteiger charge is 2.23. The van der Waals surface area contributed by atoms with Gasteiger partial charge in [-0.3, -0.25) is 9.88 Å². The largest absolute Gasteiger partial charge is 0.296 e. The monoisotopic (exact) mass is 332 g/mol. The molecule has 3 heteroatoms. The molecule has 0 amide bonds. The number of aromatic nitrogens is 1. The van der Waals surface area contributed by atoms with Crippen LogP contribution in [0.5, 0.6) is 0 Å². The molecule has 1 aromatic carbocycles. The van der Waals surface area contributed by atoms with E-state index in [1.807, 2.05) is 12.3 Å². The summed E-state index contributed by atoms with van der Waals surface area (Å²) in [6.45, 7) is 2.33. The zero-order valence-corrected chi connectivity index (χ0v) is 13.3. The van der Waals surface area contributed by atoms with E-state index in [9.17, 15) is 0 Å². The minimum absolute atomic E-state index is 0.775. The van der Waals surface area contributed by atoms with Gasteiger partial charge in [0.15, 0.2) is 0 Å². The van der Waals surface area contributed by atoms with Crippen molar-refractivity contribution in [3.63, 3.8) is 0 Å².